The fourth-order valence-corrected chi connectivity index (χ4v) is 3.32. The number of rotatable bonds is 4. The molecule has 0 aliphatic heterocycles. The average Bonchev–Trinajstić information content (AvgIpc) is 2.40. The van der Waals surface area contributed by atoms with Crippen LogP contribution in [0.15, 0.2) is 45.8 Å². The molecular formula is C15H16BrNOS. The lowest BCUT2D eigenvalue weighted by molar-refractivity contribution is 0.412. The van der Waals surface area contributed by atoms with Crippen molar-refractivity contribution in [3.8, 4) is 5.75 Å². The number of methoxy groups -OCH3 is 1. The van der Waals surface area contributed by atoms with Crippen LogP contribution >= 0.6 is 27.7 Å². The summed E-state index contributed by atoms with van der Waals surface area (Å²) >= 11 is 5.25. The van der Waals surface area contributed by atoms with Crippen molar-refractivity contribution >= 4 is 33.4 Å². The van der Waals surface area contributed by atoms with Crippen LogP contribution in [0, 0.1) is 6.92 Å². The molecule has 4 heteroatoms. The quantitative estimate of drug-likeness (QED) is 0.651. The van der Waals surface area contributed by atoms with E-state index in [1.54, 1.807) is 18.9 Å². The van der Waals surface area contributed by atoms with Gasteiger partial charge in [0, 0.05) is 16.3 Å². The van der Waals surface area contributed by atoms with Crippen molar-refractivity contribution in [1.29, 1.82) is 0 Å². The Morgan fingerprint density at radius 3 is 2.74 bits per heavy atom. The maximum absolute atomic E-state index is 6.07. The molecule has 0 fully saturated rings. The van der Waals surface area contributed by atoms with Gasteiger partial charge in [-0.05, 0) is 52.2 Å². The van der Waals surface area contributed by atoms with Gasteiger partial charge in [0.15, 0.2) is 0 Å². The molecule has 0 heterocycles. The summed E-state index contributed by atoms with van der Waals surface area (Å²) in [5.41, 5.74) is 9.31. The molecule has 2 N–H and O–H groups in total. The molecule has 0 spiro atoms. The predicted octanol–water partition coefficient (Wildman–Crippen LogP) is 4.64. The highest BCUT2D eigenvalue weighted by molar-refractivity contribution is 9.10. The standard InChI is InChI=1S/C15H16BrNOS/c1-10-4-3-5-14(15(10)17)19-9-11-6-7-13(18-2)12(16)8-11/h3-8H,9,17H2,1-2H3. The second kappa shape index (κ2) is 6.35. The summed E-state index contributed by atoms with van der Waals surface area (Å²) in [5.74, 6) is 1.74. The number of nitrogens with two attached hydrogens (primary N) is 1. The van der Waals surface area contributed by atoms with E-state index in [0.717, 1.165) is 32.1 Å². The van der Waals surface area contributed by atoms with Crippen molar-refractivity contribution in [2.24, 2.45) is 0 Å². The van der Waals surface area contributed by atoms with Crippen molar-refractivity contribution in [2.75, 3.05) is 12.8 Å². The lowest BCUT2D eigenvalue weighted by Gasteiger charge is -2.09. The number of hydrogen-bond donors (Lipinski definition) is 1. The van der Waals surface area contributed by atoms with E-state index in [1.165, 1.54) is 5.56 Å². The second-order valence-corrected chi connectivity index (χ2v) is 6.12. The van der Waals surface area contributed by atoms with Crippen molar-refractivity contribution < 1.29 is 4.74 Å². The average molecular weight is 338 g/mol. The third kappa shape index (κ3) is 3.45. The molecule has 0 aromatic heterocycles. The Kier molecular flexibility index (Phi) is 4.77. The Morgan fingerprint density at radius 2 is 2.05 bits per heavy atom. The summed E-state index contributed by atoms with van der Waals surface area (Å²) in [5, 5.41) is 0. The molecule has 0 aliphatic rings. The van der Waals surface area contributed by atoms with Crippen LogP contribution in [-0.4, -0.2) is 7.11 Å². The summed E-state index contributed by atoms with van der Waals surface area (Å²) in [6, 6.07) is 12.3. The molecule has 0 saturated heterocycles. The van der Waals surface area contributed by atoms with E-state index in [4.69, 9.17) is 10.5 Å². The molecule has 2 aromatic carbocycles. The number of nitrogen functional groups attached to an aromatic ring is 1. The van der Waals surface area contributed by atoms with Gasteiger partial charge >= 0.3 is 0 Å². The van der Waals surface area contributed by atoms with Gasteiger partial charge in [0.05, 0.1) is 11.6 Å². The fraction of sp³-hybridized carbons (Fsp3) is 0.200. The number of aryl methyl sites for hydroxylation is 1. The van der Waals surface area contributed by atoms with Crippen LogP contribution in [0.2, 0.25) is 0 Å². The summed E-state index contributed by atoms with van der Waals surface area (Å²) in [6.07, 6.45) is 0. The highest BCUT2D eigenvalue weighted by Crippen LogP contribution is 2.32. The first-order valence-corrected chi connectivity index (χ1v) is 7.70. The summed E-state index contributed by atoms with van der Waals surface area (Å²) in [7, 11) is 1.67. The number of hydrogen-bond acceptors (Lipinski definition) is 3. The topological polar surface area (TPSA) is 35.2 Å². The second-order valence-electron chi connectivity index (χ2n) is 4.24. The normalized spacial score (nSPS) is 10.5. The molecule has 2 rings (SSSR count). The first-order chi connectivity index (χ1) is 9.11. The van der Waals surface area contributed by atoms with E-state index >= 15 is 0 Å². The SMILES string of the molecule is COc1ccc(CSc2cccc(C)c2N)cc1Br. The van der Waals surface area contributed by atoms with Gasteiger partial charge in [0.2, 0.25) is 0 Å². The molecule has 0 atom stereocenters. The lowest BCUT2D eigenvalue weighted by Crippen LogP contribution is -1.92. The third-order valence-electron chi connectivity index (χ3n) is 2.89. The first-order valence-electron chi connectivity index (χ1n) is 5.92. The van der Waals surface area contributed by atoms with Crippen molar-refractivity contribution in [2.45, 2.75) is 17.6 Å². The largest absolute Gasteiger partial charge is 0.496 e. The van der Waals surface area contributed by atoms with Crippen molar-refractivity contribution in [3.63, 3.8) is 0 Å². The highest BCUT2D eigenvalue weighted by Gasteiger charge is 2.05. The van der Waals surface area contributed by atoms with Gasteiger partial charge in [-0.15, -0.1) is 11.8 Å². The Balaban J connectivity index is 2.10. The number of halogens is 1. The van der Waals surface area contributed by atoms with Crippen molar-refractivity contribution in [3.05, 3.63) is 52.0 Å². The van der Waals surface area contributed by atoms with Crippen molar-refractivity contribution in [1.82, 2.24) is 0 Å². The molecular weight excluding hydrogens is 322 g/mol. The third-order valence-corrected chi connectivity index (χ3v) is 4.66. The lowest BCUT2D eigenvalue weighted by atomic mass is 10.2. The molecule has 0 saturated carbocycles. The van der Waals surface area contributed by atoms with Gasteiger partial charge in [0.1, 0.15) is 5.75 Å². The van der Waals surface area contributed by atoms with Crippen LogP contribution in [0.3, 0.4) is 0 Å². The molecule has 0 unspecified atom stereocenters. The summed E-state index contributed by atoms with van der Waals surface area (Å²) in [6.45, 7) is 2.03. The number of benzene rings is 2. The molecule has 0 amide bonds. The molecule has 2 nitrogen and oxygen atoms in total. The van der Waals surface area contributed by atoms with Gasteiger partial charge in [-0.2, -0.15) is 0 Å². The van der Waals surface area contributed by atoms with E-state index in [1.807, 2.05) is 25.1 Å². The molecule has 100 valence electrons. The van der Waals surface area contributed by atoms with E-state index in [9.17, 15) is 0 Å². The Bertz CT molecular complexity index is 586. The molecule has 0 bridgehead atoms. The summed E-state index contributed by atoms with van der Waals surface area (Å²) < 4.78 is 6.20. The van der Waals surface area contributed by atoms with E-state index < -0.39 is 0 Å². The Morgan fingerprint density at radius 1 is 1.26 bits per heavy atom. The van der Waals surface area contributed by atoms with Gasteiger partial charge in [-0.25, -0.2) is 0 Å². The first kappa shape index (κ1) is 14.3. The van der Waals surface area contributed by atoms with Crippen LogP contribution < -0.4 is 10.5 Å². The van der Waals surface area contributed by atoms with Crippen LogP contribution in [-0.2, 0) is 5.75 Å². The van der Waals surface area contributed by atoms with Gasteiger partial charge < -0.3 is 10.5 Å². The minimum Gasteiger partial charge on any atom is -0.496 e. The number of anilines is 1. The smallest absolute Gasteiger partial charge is 0.133 e. The fourth-order valence-electron chi connectivity index (χ4n) is 1.74. The zero-order valence-corrected chi connectivity index (χ0v) is 13.3. The predicted molar refractivity (Wildman–Crippen MR) is 85.8 cm³/mol. The van der Waals surface area contributed by atoms with E-state index in [0.29, 0.717) is 0 Å². The van der Waals surface area contributed by atoms with Crippen LogP contribution in [0.5, 0.6) is 5.75 Å². The number of ether oxygens (including phenoxy) is 1. The molecule has 0 aliphatic carbocycles. The Labute approximate surface area is 126 Å². The van der Waals surface area contributed by atoms with Crippen LogP contribution in [0.4, 0.5) is 5.69 Å². The van der Waals surface area contributed by atoms with Crippen LogP contribution in [0.1, 0.15) is 11.1 Å². The van der Waals surface area contributed by atoms with E-state index in [2.05, 4.69) is 34.1 Å². The van der Waals surface area contributed by atoms with E-state index in [-0.39, 0.29) is 0 Å². The summed E-state index contributed by atoms with van der Waals surface area (Å²) in [4.78, 5) is 1.13. The van der Waals surface area contributed by atoms with Gasteiger partial charge in [-0.1, -0.05) is 18.2 Å². The molecule has 0 radical (unpaired) electrons. The molecule has 19 heavy (non-hydrogen) atoms. The minimum absolute atomic E-state index is 0.851. The Hall–Kier alpha value is -1.13. The number of para-hydroxylation sites is 1. The zero-order valence-electron chi connectivity index (χ0n) is 10.9. The monoisotopic (exact) mass is 337 g/mol. The minimum atomic E-state index is 0.851. The van der Waals surface area contributed by atoms with Gasteiger partial charge in [0.25, 0.3) is 0 Å². The highest BCUT2D eigenvalue weighted by atomic mass is 79.9. The maximum atomic E-state index is 6.07. The maximum Gasteiger partial charge on any atom is 0.133 e. The molecule has 2 aromatic rings. The van der Waals surface area contributed by atoms with Gasteiger partial charge in [-0.3, -0.25) is 0 Å². The number of thioether (sulfide) groups is 1. The van der Waals surface area contributed by atoms with Crippen LogP contribution in [0.25, 0.3) is 0 Å². The zero-order chi connectivity index (χ0) is 13.8.